The highest BCUT2D eigenvalue weighted by molar-refractivity contribution is 6.02. The van der Waals surface area contributed by atoms with Crippen LogP contribution in [0.4, 0.5) is 31.8 Å². The molecule has 0 atom stereocenters. The van der Waals surface area contributed by atoms with E-state index in [0.29, 0.717) is 40.0 Å². The first-order valence-corrected chi connectivity index (χ1v) is 11.8. The number of nitrogens with zero attached hydrogens (tertiary/aromatic N) is 6. The van der Waals surface area contributed by atoms with Crippen LogP contribution in [0, 0.1) is 11.6 Å². The SMILES string of the molecule is [2H]C([2H])([2H])n1c(-c2ccnc(Nc3cc(NC(=O)C=C)c(N(C)CCN(C)C)cc3OC)n2)nc2cc(F)cc(F)c21. The highest BCUT2D eigenvalue weighted by Gasteiger charge is 2.19. The standard InChI is InChI=1S/C27H30F2N8O2/c1-7-24(38)31-19-14-20(23(39-6)15-22(19)36(4)11-10-35(2)3)34-27-30-9-8-18(33-27)26-32-21-13-16(28)12-17(29)25(21)37(26)5/h7-9,12-15H,1,10-11H2,2-6H3,(H,31,38)(H,30,33,34)/i5D3. The van der Waals surface area contributed by atoms with Gasteiger partial charge in [0.25, 0.3) is 0 Å². The van der Waals surface area contributed by atoms with Crippen LogP contribution in [-0.2, 0) is 11.8 Å². The zero-order chi connectivity index (χ0) is 30.8. The van der Waals surface area contributed by atoms with E-state index in [-0.39, 0.29) is 28.5 Å². The van der Waals surface area contributed by atoms with Gasteiger partial charge in [0.15, 0.2) is 11.6 Å². The fraction of sp³-hybridized carbons (Fsp3) is 0.259. The molecule has 4 aromatic rings. The van der Waals surface area contributed by atoms with Crippen molar-refractivity contribution in [2.24, 2.45) is 6.98 Å². The van der Waals surface area contributed by atoms with Crippen molar-refractivity contribution in [3.05, 3.63) is 60.8 Å². The van der Waals surface area contributed by atoms with E-state index in [2.05, 4.69) is 32.2 Å². The van der Waals surface area contributed by atoms with E-state index in [0.717, 1.165) is 18.7 Å². The Morgan fingerprint density at radius 1 is 1.18 bits per heavy atom. The molecule has 2 N–H and O–H groups in total. The van der Waals surface area contributed by atoms with Gasteiger partial charge in [-0.1, -0.05) is 6.58 Å². The van der Waals surface area contributed by atoms with Crippen molar-refractivity contribution in [1.29, 1.82) is 0 Å². The van der Waals surface area contributed by atoms with Gasteiger partial charge in [-0.2, -0.15) is 0 Å². The van der Waals surface area contributed by atoms with Gasteiger partial charge in [0.1, 0.15) is 22.8 Å². The molecule has 4 rings (SSSR count). The first-order chi connectivity index (χ1) is 19.8. The Hall–Kier alpha value is -4.58. The van der Waals surface area contributed by atoms with E-state index in [1.165, 1.54) is 19.4 Å². The van der Waals surface area contributed by atoms with Crippen LogP contribution < -0.4 is 20.3 Å². The quantitative estimate of drug-likeness (QED) is 0.290. The number of hydrogen-bond acceptors (Lipinski definition) is 8. The van der Waals surface area contributed by atoms with Gasteiger partial charge in [-0.25, -0.2) is 23.7 Å². The van der Waals surface area contributed by atoms with Crippen LogP contribution in [0.2, 0.25) is 0 Å². The maximum Gasteiger partial charge on any atom is 0.247 e. The van der Waals surface area contributed by atoms with Gasteiger partial charge in [0, 0.05) is 55.6 Å². The molecule has 2 aromatic carbocycles. The number of rotatable bonds is 10. The number of aryl methyl sites for hydroxylation is 1. The summed E-state index contributed by atoms with van der Waals surface area (Å²) < 4.78 is 58.8. The number of hydrogen-bond donors (Lipinski definition) is 2. The number of methoxy groups -OCH3 is 1. The number of fused-ring (bicyclic) bond motifs is 1. The fourth-order valence-corrected chi connectivity index (χ4v) is 3.87. The Kier molecular flexibility index (Phi) is 6.90. The number of halogens is 2. The number of carbonyl (C=O) groups excluding carboxylic acids is 1. The van der Waals surface area contributed by atoms with Crippen molar-refractivity contribution in [1.82, 2.24) is 24.4 Å². The number of ether oxygens (including phenoxy) is 1. The average Bonchev–Trinajstić information content (AvgIpc) is 3.32. The zero-order valence-corrected chi connectivity index (χ0v) is 21.9. The minimum Gasteiger partial charge on any atom is -0.494 e. The lowest BCUT2D eigenvalue weighted by Crippen LogP contribution is -2.29. The summed E-state index contributed by atoms with van der Waals surface area (Å²) in [6.45, 7) is 2.08. The fourth-order valence-electron chi connectivity index (χ4n) is 3.87. The third-order valence-electron chi connectivity index (χ3n) is 5.86. The van der Waals surface area contributed by atoms with Crippen molar-refractivity contribution < 1.29 is 22.4 Å². The van der Waals surface area contributed by atoms with E-state index >= 15 is 0 Å². The van der Waals surface area contributed by atoms with Gasteiger partial charge in [-0.15, -0.1) is 0 Å². The maximum absolute atomic E-state index is 14.7. The second kappa shape index (κ2) is 11.4. The molecule has 0 aliphatic heterocycles. The summed E-state index contributed by atoms with van der Waals surface area (Å²) in [5, 5.41) is 5.83. The highest BCUT2D eigenvalue weighted by atomic mass is 19.1. The summed E-state index contributed by atoms with van der Waals surface area (Å²) in [7, 11) is 7.28. The molecule has 0 bridgehead atoms. The lowest BCUT2D eigenvalue weighted by molar-refractivity contribution is -0.111. The number of nitrogens with one attached hydrogen (secondary N) is 2. The molecule has 10 nitrogen and oxygen atoms in total. The van der Waals surface area contributed by atoms with Gasteiger partial charge in [-0.3, -0.25) is 4.79 Å². The highest BCUT2D eigenvalue weighted by Crippen LogP contribution is 2.38. The molecule has 2 heterocycles. The van der Waals surface area contributed by atoms with Gasteiger partial charge in [0.05, 0.1) is 29.7 Å². The Morgan fingerprint density at radius 2 is 1.97 bits per heavy atom. The lowest BCUT2D eigenvalue weighted by Gasteiger charge is -2.26. The normalized spacial score (nSPS) is 12.5. The summed E-state index contributed by atoms with van der Waals surface area (Å²) in [6, 6.07) is 6.34. The Bertz CT molecular complexity index is 1640. The lowest BCUT2D eigenvalue weighted by atomic mass is 10.2. The van der Waals surface area contributed by atoms with Crippen LogP contribution >= 0.6 is 0 Å². The average molecular weight is 540 g/mol. The third-order valence-corrected chi connectivity index (χ3v) is 5.86. The molecule has 1 amide bonds. The van der Waals surface area contributed by atoms with Gasteiger partial charge >= 0.3 is 0 Å². The minimum atomic E-state index is -2.85. The largest absolute Gasteiger partial charge is 0.494 e. The second-order valence-electron chi connectivity index (χ2n) is 8.90. The first-order valence-electron chi connectivity index (χ1n) is 13.3. The van der Waals surface area contributed by atoms with Gasteiger partial charge in [0.2, 0.25) is 11.9 Å². The van der Waals surface area contributed by atoms with E-state index < -0.39 is 24.5 Å². The number of likely N-dealkylation sites (N-methyl/N-ethyl adjacent to an activating group) is 2. The van der Waals surface area contributed by atoms with Crippen molar-refractivity contribution >= 4 is 40.0 Å². The third kappa shape index (κ3) is 5.96. The van der Waals surface area contributed by atoms with Gasteiger partial charge < -0.3 is 29.7 Å². The predicted octanol–water partition coefficient (Wildman–Crippen LogP) is 4.18. The zero-order valence-electron chi connectivity index (χ0n) is 24.9. The van der Waals surface area contributed by atoms with Crippen LogP contribution in [0.25, 0.3) is 22.6 Å². The molecule has 2 aromatic heterocycles. The van der Waals surface area contributed by atoms with E-state index in [1.807, 2.05) is 30.9 Å². The maximum atomic E-state index is 14.7. The predicted molar refractivity (Wildman–Crippen MR) is 149 cm³/mol. The summed E-state index contributed by atoms with van der Waals surface area (Å²) in [5.41, 5.74) is 1.02. The Balaban J connectivity index is 1.78. The smallest absolute Gasteiger partial charge is 0.247 e. The molecule has 0 unspecified atom stereocenters. The molecular weight excluding hydrogens is 506 g/mol. The van der Waals surface area contributed by atoms with Crippen LogP contribution in [0.3, 0.4) is 0 Å². The topological polar surface area (TPSA) is 100 Å². The van der Waals surface area contributed by atoms with Crippen LogP contribution in [-0.4, -0.2) is 71.7 Å². The van der Waals surface area contributed by atoms with Crippen LogP contribution in [0.15, 0.2) is 49.2 Å². The molecule has 0 radical (unpaired) electrons. The summed E-state index contributed by atoms with van der Waals surface area (Å²) in [5.74, 6) is -2.16. The number of carbonyl (C=O) groups is 1. The molecule has 0 saturated heterocycles. The van der Waals surface area contributed by atoms with E-state index in [4.69, 9.17) is 8.85 Å². The summed E-state index contributed by atoms with van der Waals surface area (Å²) in [6.07, 6.45) is 2.51. The van der Waals surface area contributed by atoms with E-state index in [9.17, 15) is 13.6 Å². The van der Waals surface area contributed by atoms with E-state index in [1.54, 1.807) is 12.1 Å². The number of amides is 1. The molecule has 0 saturated carbocycles. The molecule has 204 valence electrons. The summed E-state index contributed by atoms with van der Waals surface area (Å²) in [4.78, 5) is 29.0. The molecule has 0 spiro atoms. The van der Waals surface area contributed by atoms with Crippen molar-refractivity contribution in [2.45, 2.75) is 0 Å². The van der Waals surface area contributed by atoms with Crippen molar-refractivity contribution in [3.63, 3.8) is 0 Å². The van der Waals surface area contributed by atoms with Crippen molar-refractivity contribution in [2.75, 3.05) is 56.9 Å². The first kappa shape index (κ1) is 23.5. The number of imidazole rings is 1. The molecule has 0 aliphatic rings. The molecule has 0 fully saturated rings. The minimum absolute atomic E-state index is 0.0244. The Labute approximate surface area is 229 Å². The van der Waals surface area contributed by atoms with Crippen LogP contribution in [0.1, 0.15) is 4.11 Å². The molecule has 39 heavy (non-hydrogen) atoms. The van der Waals surface area contributed by atoms with Gasteiger partial charge in [-0.05, 0) is 32.3 Å². The number of benzene rings is 2. The Morgan fingerprint density at radius 3 is 2.67 bits per heavy atom. The van der Waals surface area contributed by atoms with Crippen molar-refractivity contribution in [3.8, 4) is 17.3 Å². The summed E-state index contributed by atoms with van der Waals surface area (Å²) >= 11 is 0. The molecular formula is C27H30F2N8O2. The second-order valence-corrected chi connectivity index (χ2v) is 8.90. The number of aromatic nitrogens is 4. The monoisotopic (exact) mass is 539 g/mol. The number of anilines is 4. The molecule has 12 heteroatoms. The molecule has 0 aliphatic carbocycles. The van der Waals surface area contributed by atoms with Crippen LogP contribution in [0.5, 0.6) is 5.75 Å².